The number of urea groups is 1. The van der Waals surface area contributed by atoms with E-state index in [1.54, 1.807) is 24.4 Å². The van der Waals surface area contributed by atoms with E-state index in [1.165, 1.54) is 34.7 Å². The number of hydrogen-bond acceptors (Lipinski definition) is 8. The Bertz CT molecular complexity index is 1590. The van der Waals surface area contributed by atoms with Gasteiger partial charge in [-0.15, -0.1) is 11.3 Å². The quantitative estimate of drug-likeness (QED) is 0.293. The summed E-state index contributed by atoms with van der Waals surface area (Å²) in [5.41, 5.74) is 1.43. The van der Waals surface area contributed by atoms with E-state index in [4.69, 9.17) is 4.74 Å². The lowest BCUT2D eigenvalue weighted by atomic mass is 10.1. The van der Waals surface area contributed by atoms with E-state index in [-0.39, 0.29) is 29.9 Å². The summed E-state index contributed by atoms with van der Waals surface area (Å²) in [7, 11) is 0. The van der Waals surface area contributed by atoms with Crippen LogP contribution in [0.3, 0.4) is 0 Å². The van der Waals surface area contributed by atoms with E-state index in [0.29, 0.717) is 44.3 Å². The lowest BCUT2D eigenvalue weighted by molar-refractivity contribution is -0.117. The average molecular weight is 542 g/mol. The third-order valence-electron chi connectivity index (χ3n) is 6.58. The van der Waals surface area contributed by atoms with Crippen LogP contribution in [0, 0.1) is 0 Å². The summed E-state index contributed by atoms with van der Waals surface area (Å²) in [6.07, 6.45) is 7.97. The molecule has 1 aliphatic heterocycles. The summed E-state index contributed by atoms with van der Waals surface area (Å²) >= 11 is 1.21. The maximum absolute atomic E-state index is 13.3. The Morgan fingerprint density at radius 3 is 2.56 bits per heavy atom. The summed E-state index contributed by atoms with van der Waals surface area (Å²) in [6.45, 7) is 3.48. The van der Waals surface area contributed by atoms with Crippen LogP contribution in [-0.4, -0.2) is 44.9 Å². The standard InChI is InChI=1S/C27H23N7O4S/c1-2-20(35)31-15-8-9-16(12-15)32-24(36)23-22-21-19(10-11-28-25(21)39-23)34(27(37)33-22)17-13-29-26(30-14-17)38-18-6-4-3-5-7-18/h2-7,10-11,13-16H,1,8-9,12H2,(H,31,35)(H,32,36)(H,33,37)/t15-,16+/m1/s1. The van der Waals surface area contributed by atoms with Crippen LogP contribution in [0.5, 0.6) is 11.8 Å². The largest absolute Gasteiger partial charge is 0.424 e. The van der Waals surface area contributed by atoms with Gasteiger partial charge in [-0.2, -0.15) is 0 Å². The molecule has 39 heavy (non-hydrogen) atoms. The zero-order valence-electron chi connectivity index (χ0n) is 20.6. The van der Waals surface area contributed by atoms with Gasteiger partial charge in [-0.3, -0.25) is 14.5 Å². The van der Waals surface area contributed by atoms with Crippen LogP contribution in [0.15, 0.2) is 67.6 Å². The SMILES string of the molecule is C=CC(=O)N[C@@H]1CC[C@H](NC(=O)c2sc3nccc4c3c2NC(=O)N4c2cnc(Oc3ccccc3)nc2)C1. The van der Waals surface area contributed by atoms with Crippen LogP contribution in [-0.2, 0) is 4.79 Å². The summed E-state index contributed by atoms with van der Waals surface area (Å²) in [4.78, 5) is 53.6. The van der Waals surface area contributed by atoms with Crippen LogP contribution in [0.4, 0.5) is 21.9 Å². The fourth-order valence-electron chi connectivity index (χ4n) is 4.83. The van der Waals surface area contributed by atoms with Crippen LogP contribution in [0.1, 0.15) is 28.9 Å². The van der Waals surface area contributed by atoms with Gasteiger partial charge in [-0.1, -0.05) is 24.8 Å². The maximum atomic E-state index is 13.3. The Labute approximate surface area is 226 Å². The highest BCUT2D eigenvalue weighted by Crippen LogP contribution is 2.45. The van der Waals surface area contributed by atoms with Crippen molar-refractivity contribution in [1.29, 1.82) is 0 Å². The predicted molar refractivity (Wildman–Crippen MR) is 147 cm³/mol. The van der Waals surface area contributed by atoms with Crippen LogP contribution >= 0.6 is 11.3 Å². The minimum Gasteiger partial charge on any atom is -0.424 e. The van der Waals surface area contributed by atoms with Crippen molar-refractivity contribution >= 4 is 56.5 Å². The first-order valence-corrected chi connectivity index (χ1v) is 13.1. The average Bonchev–Trinajstić information content (AvgIpc) is 3.55. The minimum atomic E-state index is -0.448. The number of rotatable bonds is 7. The number of para-hydroxylation sites is 1. The monoisotopic (exact) mass is 541 g/mol. The Kier molecular flexibility index (Phi) is 6.37. The van der Waals surface area contributed by atoms with Crippen molar-refractivity contribution in [1.82, 2.24) is 25.6 Å². The third kappa shape index (κ3) is 4.77. The molecule has 0 unspecified atom stereocenters. The molecule has 2 atom stereocenters. The number of ether oxygens (including phenoxy) is 1. The van der Waals surface area contributed by atoms with E-state index >= 15 is 0 Å². The summed E-state index contributed by atoms with van der Waals surface area (Å²) in [5, 5.41) is 9.46. The van der Waals surface area contributed by atoms with Crippen LogP contribution < -0.4 is 25.6 Å². The molecule has 4 heterocycles. The fraction of sp³-hybridized carbons (Fsp3) is 0.185. The molecule has 196 valence electrons. The molecule has 0 saturated heterocycles. The predicted octanol–water partition coefficient (Wildman–Crippen LogP) is 4.52. The molecule has 12 heteroatoms. The number of carbonyl (C=O) groups excluding carboxylic acids is 3. The Morgan fingerprint density at radius 2 is 1.82 bits per heavy atom. The highest BCUT2D eigenvalue weighted by molar-refractivity contribution is 7.21. The van der Waals surface area contributed by atoms with E-state index in [1.807, 2.05) is 18.2 Å². The van der Waals surface area contributed by atoms with E-state index in [0.717, 1.165) is 12.8 Å². The topological polar surface area (TPSA) is 138 Å². The molecule has 1 fully saturated rings. The second-order valence-corrected chi connectivity index (χ2v) is 10.1. The Morgan fingerprint density at radius 1 is 1.08 bits per heavy atom. The molecule has 1 saturated carbocycles. The van der Waals surface area contributed by atoms with Gasteiger partial charge in [0.2, 0.25) is 5.91 Å². The second kappa shape index (κ2) is 10.1. The molecule has 11 nitrogen and oxygen atoms in total. The maximum Gasteiger partial charge on any atom is 0.331 e. The Hall–Kier alpha value is -4.84. The first-order valence-electron chi connectivity index (χ1n) is 12.3. The molecule has 3 aromatic heterocycles. The summed E-state index contributed by atoms with van der Waals surface area (Å²) in [5.74, 6) is 0.0786. The molecule has 0 spiro atoms. The van der Waals surface area contributed by atoms with Crippen molar-refractivity contribution in [2.24, 2.45) is 0 Å². The number of amides is 4. The van der Waals surface area contributed by atoms with Crippen LogP contribution in [0.2, 0.25) is 0 Å². The third-order valence-corrected chi connectivity index (χ3v) is 7.67. The van der Waals surface area contributed by atoms with E-state index in [2.05, 4.69) is 37.5 Å². The molecular weight excluding hydrogens is 518 g/mol. The van der Waals surface area contributed by atoms with E-state index in [9.17, 15) is 14.4 Å². The summed E-state index contributed by atoms with van der Waals surface area (Å²) in [6, 6.07) is 10.5. The molecule has 4 amide bonds. The molecule has 2 aliphatic rings. The Balaban J connectivity index is 1.24. The lowest BCUT2D eigenvalue weighted by Gasteiger charge is -2.27. The first kappa shape index (κ1) is 24.5. The molecule has 0 bridgehead atoms. The number of carbonyl (C=O) groups is 3. The molecule has 1 aromatic carbocycles. The van der Waals surface area contributed by atoms with Gasteiger partial charge >= 0.3 is 12.0 Å². The number of thiophene rings is 1. The molecule has 0 radical (unpaired) electrons. The molecule has 3 N–H and O–H groups in total. The van der Waals surface area contributed by atoms with Gasteiger partial charge < -0.3 is 20.7 Å². The molecule has 1 aliphatic carbocycles. The summed E-state index contributed by atoms with van der Waals surface area (Å²) < 4.78 is 5.66. The second-order valence-electron chi connectivity index (χ2n) is 9.11. The normalized spacial score (nSPS) is 17.9. The number of nitrogens with zero attached hydrogens (tertiary/aromatic N) is 4. The van der Waals surface area contributed by atoms with Gasteiger partial charge in [-0.25, -0.2) is 19.7 Å². The van der Waals surface area contributed by atoms with Gasteiger partial charge in [0, 0.05) is 18.3 Å². The minimum absolute atomic E-state index is 0.0187. The number of aromatic nitrogens is 3. The van der Waals surface area contributed by atoms with Gasteiger partial charge in [-0.05, 0) is 43.5 Å². The fourth-order valence-corrected chi connectivity index (χ4v) is 5.85. The van der Waals surface area contributed by atoms with E-state index < -0.39 is 6.03 Å². The first-order chi connectivity index (χ1) is 19.0. The van der Waals surface area contributed by atoms with Gasteiger partial charge in [0.15, 0.2) is 0 Å². The molecular formula is C27H23N7O4S. The number of nitrogens with one attached hydrogen (secondary N) is 3. The zero-order chi connectivity index (χ0) is 26.9. The molecule has 4 aromatic rings. The number of benzene rings is 1. The number of pyridine rings is 1. The van der Waals surface area contributed by atoms with Gasteiger partial charge in [0.05, 0.1) is 34.8 Å². The highest BCUT2D eigenvalue weighted by atomic mass is 32.1. The van der Waals surface area contributed by atoms with Gasteiger partial charge in [0.25, 0.3) is 5.91 Å². The van der Waals surface area contributed by atoms with Gasteiger partial charge in [0.1, 0.15) is 15.5 Å². The van der Waals surface area contributed by atoms with Crippen molar-refractivity contribution in [3.8, 4) is 11.8 Å². The van der Waals surface area contributed by atoms with Crippen molar-refractivity contribution in [3.05, 3.63) is 72.5 Å². The zero-order valence-corrected chi connectivity index (χ0v) is 21.4. The smallest absolute Gasteiger partial charge is 0.331 e. The number of hydrogen-bond donors (Lipinski definition) is 3. The van der Waals surface area contributed by atoms with Crippen molar-refractivity contribution in [2.75, 3.05) is 10.2 Å². The number of anilines is 3. The van der Waals surface area contributed by atoms with Crippen molar-refractivity contribution in [2.45, 2.75) is 31.3 Å². The van der Waals surface area contributed by atoms with Crippen molar-refractivity contribution in [3.63, 3.8) is 0 Å². The van der Waals surface area contributed by atoms with Crippen LogP contribution in [0.25, 0.3) is 10.2 Å². The van der Waals surface area contributed by atoms with Crippen molar-refractivity contribution < 1.29 is 19.1 Å². The molecule has 6 rings (SSSR count). The lowest BCUT2D eigenvalue weighted by Crippen LogP contribution is -2.37. The highest BCUT2D eigenvalue weighted by Gasteiger charge is 2.34.